The Bertz CT molecular complexity index is 1600. The lowest BCUT2D eigenvalue weighted by atomic mass is 9.70. The van der Waals surface area contributed by atoms with E-state index in [1.54, 1.807) is 26.8 Å². The molecular weight excluding hydrogens is 740 g/mol. The fraction of sp³-hybridized carbons (Fsp3) is 0.721. The van der Waals surface area contributed by atoms with Crippen molar-refractivity contribution >= 4 is 23.9 Å². The molecule has 2 fully saturated rings. The number of methoxy groups -OCH3 is 3. The minimum absolute atomic E-state index is 0.0275. The van der Waals surface area contributed by atoms with Crippen LogP contribution in [0.25, 0.3) is 0 Å². The molecule has 2 N–H and O–H groups in total. The van der Waals surface area contributed by atoms with Gasteiger partial charge < -0.3 is 48.1 Å². The Labute approximate surface area is 336 Å². The Morgan fingerprint density at radius 3 is 2.18 bits per heavy atom. The summed E-state index contributed by atoms with van der Waals surface area (Å²) < 4.78 is 48.2. The van der Waals surface area contributed by atoms with E-state index in [1.165, 1.54) is 40.4 Å². The van der Waals surface area contributed by atoms with E-state index in [2.05, 4.69) is 0 Å². The van der Waals surface area contributed by atoms with Gasteiger partial charge in [-0.05, 0) is 66.0 Å². The van der Waals surface area contributed by atoms with E-state index in [1.807, 2.05) is 39.8 Å². The minimum atomic E-state index is -1.43. The lowest BCUT2D eigenvalue weighted by molar-refractivity contribution is -0.358. The van der Waals surface area contributed by atoms with Gasteiger partial charge in [0.05, 0.1) is 62.0 Å². The summed E-state index contributed by atoms with van der Waals surface area (Å²) in [5.74, 6) is -3.11. The summed E-state index contributed by atoms with van der Waals surface area (Å²) in [4.78, 5) is 51.6. The van der Waals surface area contributed by atoms with Crippen molar-refractivity contribution in [2.75, 3.05) is 21.3 Å². The van der Waals surface area contributed by atoms with Crippen molar-refractivity contribution in [3.05, 3.63) is 47.3 Å². The van der Waals surface area contributed by atoms with Crippen LogP contribution in [0, 0.1) is 16.2 Å². The molecule has 0 amide bonds. The van der Waals surface area contributed by atoms with Crippen molar-refractivity contribution in [2.45, 2.75) is 161 Å². The number of hydrogen-bond acceptors (Lipinski definition) is 14. The molecule has 0 unspecified atom stereocenters. The second kappa shape index (κ2) is 18.6. The summed E-state index contributed by atoms with van der Waals surface area (Å²) in [5.41, 5.74) is -1.11. The van der Waals surface area contributed by atoms with E-state index >= 15 is 0 Å². The van der Waals surface area contributed by atoms with Gasteiger partial charge in [-0.3, -0.25) is 9.59 Å². The van der Waals surface area contributed by atoms with Crippen molar-refractivity contribution in [2.24, 2.45) is 16.2 Å². The van der Waals surface area contributed by atoms with E-state index in [0.717, 1.165) is 5.57 Å². The number of cyclic esters (lactones) is 1. The van der Waals surface area contributed by atoms with Gasteiger partial charge in [-0.2, -0.15) is 0 Å². The highest BCUT2D eigenvalue weighted by molar-refractivity contribution is 5.83. The number of hydrogen-bond donors (Lipinski definition) is 2. The first-order valence-electron chi connectivity index (χ1n) is 19.8. The molecule has 0 aromatic carbocycles. The maximum atomic E-state index is 13.4. The molecule has 0 radical (unpaired) electrons. The number of allylic oxidation sites excluding steroid dienone is 2. The molecule has 4 aliphatic heterocycles. The normalized spacial score (nSPS) is 34.7. The quantitative estimate of drug-likeness (QED) is 0.157. The van der Waals surface area contributed by atoms with Crippen LogP contribution >= 0.6 is 0 Å². The largest absolute Gasteiger partial charge is 0.493 e. The zero-order valence-corrected chi connectivity index (χ0v) is 35.5. The second-order valence-corrected chi connectivity index (χ2v) is 17.9. The molecule has 57 heavy (non-hydrogen) atoms. The van der Waals surface area contributed by atoms with Crippen molar-refractivity contribution in [1.82, 2.24) is 0 Å². The van der Waals surface area contributed by atoms with Crippen LogP contribution in [0.4, 0.5) is 0 Å². The summed E-state index contributed by atoms with van der Waals surface area (Å²) in [6, 6.07) is 0. The van der Waals surface area contributed by atoms with Crippen LogP contribution < -0.4 is 0 Å². The molecule has 9 atom stereocenters. The molecule has 14 heteroatoms. The fourth-order valence-corrected chi connectivity index (χ4v) is 7.81. The summed E-state index contributed by atoms with van der Waals surface area (Å²) in [7, 11) is 4.12. The van der Waals surface area contributed by atoms with Crippen molar-refractivity contribution < 1.29 is 67.3 Å². The summed E-state index contributed by atoms with van der Waals surface area (Å²) in [5, 5.41) is 22.1. The molecule has 0 aromatic rings. The number of rotatable bonds is 5. The van der Waals surface area contributed by atoms with E-state index in [0.29, 0.717) is 24.2 Å². The molecule has 4 aliphatic rings. The average Bonchev–Trinajstić information content (AvgIpc) is 3.11. The topological polar surface area (TPSA) is 183 Å². The van der Waals surface area contributed by atoms with Crippen LogP contribution in [0.3, 0.4) is 0 Å². The first-order valence-corrected chi connectivity index (χ1v) is 19.8. The highest BCUT2D eigenvalue weighted by Gasteiger charge is 2.59. The maximum Gasteiger partial charge on any atom is 0.330 e. The monoisotopic (exact) mass is 804 g/mol. The van der Waals surface area contributed by atoms with Crippen molar-refractivity contribution in [1.29, 1.82) is 0 Å². The van der Waals surface area contributed by atoms with Crippen LogP contribution in [0.5, 0.6) is 0 Å². The third kappa shape index (κ3) is 11.8. The van der Waals surface area contributed by atoms with Gasteiger partial charge in [-0.25, -0.2) is 9.59 Å². The van der Waals surface area contributed by atoms with Gasteiger partial charge >= 0.3 is 23.9 Å². The Balaban J connectivity index is 1.83. The van der Waals surface area contributed by atoms with Crippen LogP contribution in [-0.4, -0.2) is 110 Å². The number of carbonyl (C=O) groups is 4. The van der Waals surface area contributed by atoms with E-state index < -0.39 is 101 Å². The van der Waals surface area contributed by atoms with Crippen molar-refractivity contribution in [3.8, 4) is 0 Å². The molecule has 14 nitrogen and oxygen atoms in total. The van der Waals surface area contributed by atoms with Gasteiger partial charge in [0, 0.05) is 56.8 Å². The lowest BCUT2D eigenvalue weighted by Crippen LogP contribution is -2.63. The minimum Gasteiger partial charge on any atom is -0.493 e. The van der Waals surface area contributed by atoms with E-state index in [4.69, 9.17) is 37.9 Å². The van der Waals surface area contributed by atoms with Crippen molar-refractivity contribution in [3.63, 3.8) is 0 Å². The SMILES string of the molecule is COC(=O)/C=C1/C[C@H]2C[C@]3(OC)O[C@H](C[C@@H](O)CC(=O)O[C@@H]([C@@H](C)O)C[C@@H]4C/C(=C\C(=O)OC)C=C(O4)C(C)(C)/C=C/[C@@H](C1)O2)C[C@H](OC(=O)C(C)(C)C)C3(C)C. The smallest absolute Gasteiger partial charge is 0.330 e. The predicted octanol–water partition coefficient (Wildman–Crippen LogP) is 5.33. The van der Waals surface area contributed by atoms with Gasteiger partial charge in [0.1, 0.15) is 24.1 Å². The first kappa shape index (κ1) is 46.1. The summed E-state index contributed by atoms with van der Waals surface area (Å²) in [6.07, 6.45) is 3.04. The van der Waals surface area contributed by atoms with Gasteiger partial charge in [0.25, 0.3) is 0 Å². The Hall–Kier alpha value is -3.56. The van der Waals surface area contributed by atoms with Crippen LogP contribution in [0.1, 0.15) is 107 Å². The number of esters is 4. The van der Waals surface area contributed by atoms with Gasteiger partial charge in [-0.1, -0.05) is 31.6 Å². The molecule has 0 saturated carbocycles. The zero-order valence-electron chi connectivity index (χ0n) is 35.5. The number of aliphatic hydroxyl groups is 2. The third-order valence-corrected chi connectivity index (χ3v) is 11.3. The zero-order chi connectivity index (χ0) is 42.5. The van der Waals surface area contributed by atoms with Gasteiger partial charge in [-0.15, -0.1) is 0 Å². The second-order valence-electron chi connectivity index (χ2n) is 17.9. The third-order valence-electron chi connectivity index (χ3n) is 11.3. The van der Waals surface area contributed by atoms with Crippen LogP contribution in [0.2, 0.25) is 0 Å². The molecule has 320 valence electrons. The molecule has 4 rings (SSSR count). The first-order chi connectivity index (χ1) is 26.5. The molecule has 0 aromatic heterocycles. The lowest BCUT2D eigenvalue weighted by Gasteiger charge is -2.55. The number of fused-ring (bicyclic) bond motifs is 6. The predicted molar refractivity (Wildman–Crippen MR) is 207 cm³/mol. The van der Waals surface area contributed by atoms with E-state index in [-0.39, 0.29) is 32.1 Å². The van der Waals surface area contributed by atoms with Crippen LogP contribution in [0.15, 0.2) is 47.3 Å². The maximum absolute atomic E-state index is 13.4. The Morgan fingerprint density at radius 1 is 0.895 bits per heavy atom. The molecule has 2 saturated heterocycles. The number of aliphatic hydroxyl groups excluding tert-OH is 2. The van der Waals surface area contributed by atoms with E-state index in [9.17, 15) is 29.4 Å². The fourth-order valence-electron chi connectivity index (χ4n) is 7.81. The highest BCUT2D eigenvalue weighted by atomic mass is 16.7. The average molecular weight is 805 g/mol. The van der Waals surface area contributed by atoms with Gasteiger partial charge in [0.2, 0.25) is 0 Å². The molecular formula is C43H64O14. The standard InChI is InChI=1S/C43H64O14/c1-25(44)33-22-30-15-27(19-37(47)51-10)17-34(54-30)41(5,6)13-12-29-14-26(18-36(46)50-9)16-32(53-29)24-43(52-11)42(7,8)35(56-39(49)40(2,3)4)23-31(57-43)20-28(45)21-38(48)55-33/h12-13,17-19,25,28-33,35,44-45H,14-16,20-24H2,1-11H3/b13-12+,26-18+,27-19+/t25-,28-,29+,30+,31-,32+,33-,35+,43+/m1/s1. The summed E-state index contributed by atoms with van der Waals surface area (Å²) >= 11 is 0. The molecule has 4 heterocycles. The Kier molecular flexibility index (Phi) is 15.0. The molecule has 6 bridgehead atoms. The number of carbonyl (C=O) groups excluding carboxylic acids is 4. The Morgan fingerprint density at radius 2 is 1.56 bits per heavy atom. The molecule has 0 spiro atoms. The number of ether oxygens (including phenoxy) is 8. The summed E-state index contributed by atoms with van der Waals surface area (Å²) in [6.45, 7) is 14.5. The highest BCUT2D eigenvalue weighted by Crippen LogP contribution is 2.51. The van der Waals surface area contributed by atoms with Gasteiger partial charge in [0.15, 0.2) is 5.79 Å². The van der Waals surface area contributed by atoms with Crippen LogP contribution in [-0.2, 0) is 57.1 Å². The molecule has 0 aliphatic carbocycles.